The molecule has 2 rings (SSSR count). The van der Waals surface area contributed by atoms with Crippen LogP contribution >= 0.6 is 11.6 Å². The van der Waals surface area contributed by atoms with Gasteiger partial charge in [-0.05, 0) is 18.5 Å². The van der Waals surface area contributed by atoms with Gasteiger partial charge in [0.2, 0.25) is 5.88 Å². The van der Waals surface area contributed by atoms with Gasteiger partial charge in [0.25, 0.3) is 0 Å². The van der Waals surface area contributed by atoms with Crippen molar-refractivity contribution in [2.75, 3.05) is 13.7 Å². The summed E-state index contributed by atoms with van der Waals surface area (Å²) >= 11 is 6.08. The van der Waals surface area contributed by atoms with Gasteiger partial charge in [0, 0.05) is 17.7 Å². The molecule has 0 amide bonds. The van der Waals surface area contributed by atoms with E-state index in [-0.39, 0.29) is 24.6 Å². The molecule has 8 nitrogen and oxygen atoms in total. The maximum atomic E-state index is 12.3. The molecule has 0 N–H and O–H groups in total. The quantitative estimate of drug-likeness (QED) is 0.364. The fourth-order valence-electron chi connectivity index (χ4n) is 2.20. The third-order valence-electron chi connectivity index (χ3n) is 3.17. The topological polar surface area (TPSA) is 102 Å². The second-order valence-corrected chi connectivity index (χ2v) is 4.74. The van der Waals surface area contributed by atoms with Gasteiger partial charge < -0.3 is 14.0 Å². The van der Waals surface area contributed by atoms with Crippen LogP contribution in [0.3, 0.4) is 0 Å². The van der Waals surface area contributed by atoms with Crippen LogP contribution in [0.2, 0.25) is 5.02 Å². The molecule has 0 unspecified atom stereocenters. The number of halogens is 1. The highest BCUT2D eigenvalue weighted by atomic mass is 35.5. The Balaban J connectivity index is 2.79. The molecule has 116 valence electrons. The van der Waals surface area contributed by atoms with Crippen molar-refractivity contribution in [3.63, 3.8) is 0 Å². The summed E-state index contributed by atoms with van der Waals surface area (Å²) in [6, 6.07) is 1.64. The maximum absolute atomic E-state index is 12.3. The summed E-state index contributed by atoms with van der Waals surface area (Å²) in [5.74, 6) is -0.325. The van der Waals surface area contributed by atoms with Crippen molar-refractivity contribution in [1.29, 1.82) is 0 Å². The fraction of sp³-hybridized carbons (Fsp3) is 0.385. The van der Waals surface area contributed by atoms with E-state index in [0.717, 1.165) is 0 Å². The Morgan fingerprint density at radius 3 is 2.91 bits per heavy atom. The smallest absolute Gasteiger partial charge is 0.342 e. The van der Waals surface area contributed by atoms with Gasteiger partial charge in [0.05, 0.1) is 25.8 Å². The molecule has 0 aliphatic carbocycles. The third kappa shape index (κ3) is 2.66. The zero-order valence-electron chi connectivity index (χ0n) is 12.3. The molecule has 0 fully saturated rings. The van der Waals surface area contributed by atoms with Gasteiger partial charge in [-0.15, -0.1) is 0 Å². The number of azide groups is 1. The van der Waals surface area contributed by atoms with Crippen LogP contribution in [0.5, 0.6) is 5.88 Å². The molecule has 2 heterocycles. The van der Waals surface area contributed by atoms with Crippen molar-refractivity contribution < 1.29 is 14.3 Å². The lowest BCUT2D eigenvalue weighted by molar-refractivity contribution is 0.0527. The molecule has 0 aliphatic rings. The molecule has 0 radical (unpaired) electrons. The molecule has 0 aromatic carbocycles. The Bertz CT molecular complexity index is 780. The van der Waals surface area contributed by atoms with Crippen LogP contribution in [-0.4, -0.2) is 29.2 Å². The van der Waals surface area contributed by atoms with E-state index < -0.39 is 5.97 Å². The summed E-state index contributed by atoms with van der Waals surface area (Å²) in [4.78, 5) is 19.3. The lowest BCUT2D eigenvalue weighted by Gasteiger charge is -2.04. The Morgan fingerprint density at radius 1 is 1.59 bits per heavy atom. The van der Waals surface area contributed by atoms with Crippen LogP contribution in [0.1, 0.15) is 23.0 Å². The third-order valence-corrected chi connectivity index (χ3v) is 3.44. The predicted molar refractivity (Wildman–Crippen MR) is 81.1 cm³/mol. The second-order valence-electron chi connectivity index (χ2n) is 4.34. The number of aryl methyl sites for hydroxylation is 1. The summed E-state index contributed by atoms with van der Waals surface area (Å²) in [6.45, 7) is 1.93. The normalized spacial score (nSPS) is 10.4. The Hall–Kier alpha value is -2.44. The highest BCUT2D eigenvalue weighted by Gasteiger charge is 2.24. The second kappa shape index (κ2) is 6.55. The van der Waals surface area contributed by atoms with Gasteiger partial charge in [-0.2, -0.15) is 0 Å². The van der Waals surface area contributed by atoms with Gasteiger partial charge >= 0.3 is 5.97 Å². The number of esters is 1. The number of hydrogen-bond donors (Lipinski definition) is 0. The summed E-state index contributed by atoms with van der Waals surface area (Å²) in [7, 11) is 3.17. The van der Waals surface area contributed by atoms with E-state index in [0.29, 0.717) is 21.7 Å². The zero-order chi connectivity index (χ0) is 16.3. The van der Waals surface area contributed by atoms with Gasteiger partial charge in [-0.3, -0.25) is 0 Å². The number of methoxy groups -OCH3 is 1. The van der Waals surface area contributed by atoms with Crippen LogP contribution in [0, 0.1) is 0 Å². The number of fused-ring (bicyclic) bond motifs is 1. The first kappa shape index (κ1) is 15.9. The van der Waals surface area contributed by atoms with Crippen LogP contribution in [0.25, 0.3) is 21.5 Å². The molecule has 22 heavy (non-hydrogen) atoms. The van der Waals surface area contributed by atoms with Gasteiger partial charge in [-0.1, -0.05) is 16.7 Å². The number of rotatable bonds is 5. The number of carbonyl (C=O) groups excluding carboxylic acids is 1. The van der Waals surface area contributed by atoms with E-state index in [1.165, 1.54) is 7.11 Å². The van der Waals surface area contributed by atoms with Crippen LogP contribution in [-0.2, 0) is 18.3 Å². The molecule has 0 bridgehead atoms. The monoisotopic (exact) mass is 323 g/mol. The number of aromatic nitrogens is 2. The first-order valence-electron chi connectivity index (χ1n) is 6.44. The van der Waals surface area contributed by atoms with Crippen molar-refractivity contribution in [2.45, 2.75) is 13.5 Å². The largest absolute Gasteiger partial charge is 0.480 e. The molecule has 9 heteroatoms. The molecule has 0 saturated carbocycles. The van der Waals surface area contributed by atoms with E-state index in [1.807, 2.05) is 0 Å². The predicted octanol–water partition coefficient (Wildman–Crippen LogP) is 3.22. The number of ether oxygens (including phenoxy) is 2. The van der Waals surface area contributed by atoms with Crippen molar-refractivity contribution in [3.05, 3.63) is 32.8 Å². The minimum Gasteiger partial charge on any atom is -0.480 e. The lowest BCUT2D eigenvalue weighted by atomic mass is 10.2. The average molecular weight is 324 g/mol. The number of nitrogens with zero attached hydrogens (tertiary/aromatic N) is 5. The van der Waals surface area contributed by atoms with E-state index in [9.17, 15) is 4.79 Å². The first-order valence-corrected chi connectivity index (χ1v) is 6.82. The Kier molecular flexibility index (Phi) is 4.75. The van der Waals surface area contributed by atoms with E-state index in [1.54, 1.807) is 24.6 Å². The summed E-state index contributed by atoms with van der Waals surface area (Å²) in [5.41, 5.74) is 10.3. The SMILES string of the molecule is CCOC(=O)c1c(CN=[N+]=[N-])n(C)c2cc(Cl)c(OC)nc12. The molecule has 0 saturated heterocycles. The zero-order valence-corrected chi connectivity index (χ0v) is 13.1. The highest BCUT2D eigenvalue weighted by molar-refractivity contribution is 6.32. The first-order chi connectivity index (χ1) is 10.5. The lowest BCUT2D eigenvalue weighted by Crippen LogP contribution is -2.08. The maximum Gasteiger partial charge on any atom is 0.342 e. The van der Waals surface area contributed by atoms with Gasteiger partial charge in [-0.25, -0.2) is 9.78 Å². The molecule has 2 aromatic heterocycles. The molecule has 0 atom stereocenters. The van der Waals surface area contributed by atoms with Crippen LogP contribution < -0.4 is 4.74 Å². The average Bonchev–Trinajstić information content (AvgIpc) is 2.76. The molecule has 0 aliphatic heterocycles. The van der Waals surface area contributed by atoms with E-state index in [4.69, 9.17) is 26.6 Å². The van der Waals surface area contributed by atoms with E-state index >= 15 is 0 Å². The molecule has 2 aromatic rings. The number of carbonyl (C=O) groups is 1. The number of pyridine rings is 1. The molecule has 0 spiro atoms. The van der Waals surface area contributed by atoms with Crippen molar-refractivity contribution in [2.24, 2.45) is 12.2 Å². The van der Waals surface area contributed by atoms with Gasteiger partial charge in [0.15, 0.2) is 0 Å². The summed E-state index contributed by atoms with van der Waals surface area (Å²) < 4.78 is 11.9. The fourth-order valence-corrected chi connectivity index (χ4v) is 2.42. The molecular formula is C13H14ClN5O3. The van der Waals surface area contributed by atoms with Crippen molar-refractivity contribution in [3.8, 4) is 5.88 Å². The minimum atomic E-state index is -0.534. The minimum absolute atomic E-state index is 0.00254. The van der Waals surface area contributed by atoms with Crippen LogP contribution in [0.15, 0.2) is 11.2 Å². The van der Waals surface area contributed by atoms with Gasteiger partial charge in [0.1, 0.15) is 16.1 Å². The number of hydrogen-bond acceptors (Lipinski definition) is 5. The van der Waals surface area contributed by atoms with Crippen molar-refractivity contribution >= 4 is 28.6 Å². The Labute approximate surface area is 131 Å². The highest BCUT2D eigenvalue weighted by Crippen LogP contribution is 2.32. The van der Waals surface area contributed by atoms with E-state index in [2.05, 4.69) is 15.0 Å². The standard InChI is InChI=1S/C13H14ClN5O3/c1-4-22-13(20)10-9(6-16-18-15)19(2)8-5-7(14)12(21-3)17-11(8)10/h5H,4,6H2,1-3H3. The Morgan fingerprint density at radius 2 is 2.32 bits per heavy atom. The van der Waals surface area contributed by atoms with Crippen molar-refractivity contribution in [1.82, 2.24) is 9.55 Å². The summed E-state index contributed by atoms with van der Waals surface area (Å²) in [6.07, 6.45) is 0. The summed E-state index contributed by atoms with van der Waals surface area (Å²) in [5, 5.41) is 3.85. The van der Waals surface area contributed by atoms with Crippen LogP contribution in [0.4, 0.5) is 0 Å². The molecular weight excluding hydrogens is 310 g/mol.